The molecule has 0 saturated carbocycles. The van der Waals surface area contributed by atoms with Gasteiger partial charge in [-0.2, -0.15) is 0 Å². The van der Waals surface area contributed by atoms with Gasteiger partial charge in [0, 0.05) is 16.8 Å². The molecule has 20 heavy (non-hydrogen) atoms. The topological polar surface area (TPSA) is 55.4 Å². The molecule has 2 aromatic rings. The van der Waals surface area contributed by atoms with E-state index in [0.717, 1.165) is 5.69 Å². The van der Waals surface area contributed by atoms with Crippen LogP contribution < -0.4 is 10.1 Å². The van der Waals surface area contributed by atoms with Crippen molar-refractivity contribution >= 4 is 23.0 Å². The largest absolute Gasteiger partial charge is 0.422 e. The van der Waals surface area contributed by atoms with Crippen molar-refractivity contribution in [2.75, 3.05) is 5.32 Å². The van der Waals surface area contributed by atoms with Gasteiger partial charge in [-0.1, -0.05) is 30.3 Å². The molecular formula is C16H9NO3. The zero-order valence-electron chi connectivity index (χ0n) is 10.3. The van der Waals surface area contributed by atoms with Gasteiger partial charge in [0.2, 0.25) is 5.78 Å². The highest BCUT2D eigenvalue weighted by molar-refractivity contribution is 6.33. The molecule has 0 unspecified atom stereocenters. The van der Waals surface area contributed by atoms with E-state index in [2.05, 4.69) is 5.32 Å². The van der Waals surface area contributed by atoms with Gasteiger partial charge in [0.15, 0.2) is 0 Å². The summed E-state index contributed by atoms with van der Waals surface area (Å²) in [4.78, 5) is 24.5. The molecule has 0 fully saturated rings. The number of ketones is 1. The zero-order chi connectivity index (χ0) is 13.7. The first-order valence-electron chi connectivity index (χ1n) is 6.22. The lowest BCUT2D eigenvalue weighted by Gasteiger charge is -2.01. The van der Waals surface area contributed by atoms with E-state index in [1.165, 1.54) is 0 Å². The van der Waals surface area contributed by atoms with Crippen LogP contribution in [0.2, 0.25) is 0 Å². The second-order valence-corrected chi connectivity index (χ2v) is 4.64. The molecule has 0 radical (unpaired) electrons. The third kappa shape index (κ3) is 1.36. The second-order valence-electron chi connectivity index (χ2n) is 4.64. The van der Waals surface area contributed by atoms with E-state index in [0.29, 0.717) is 28.1 Å². The summed E-state index contributed by atoms with van der Waals surface area (Å²) in [5, 5.41) is 3.03. The highest BCUT2D eigenvalue weighted by Gasteiger charge is 2.36. The van der Waals surface area contributed by atoms with E-state index in [9.17, 15) is 9.59 Å². The van der Waals surface area contributed by atoms with Gasteiger partial charge in [0.25, 0.3) is 0 Å². The van der Waals surface area contributed by atoms with Gasteiger partial charge < -0.3 is 10.1 Å². The lowest BCUT2D eigenvalue weighted by Crippen LogP contribution is -2.10. The van der Waals surface area contributed by atoms with Crippen molar-refractivity contribution in [1.29, 1.82) is 0 Å². The van der Waals surface area contributed by atoms with E-state index in [1.54, 1.807) is 30.3 Å². The maximum Gasteiger partial charge on any atom is 0.346 e. The first kappa shape index (κ1) is 11.0. The van der Waals surface area contributed by atoms with Crippen molar-refractivity contribution in [3.63, 3.8) is 0 Å². The van der Waals surface area contributed by atoms with Crippen molar-refractivity contribution in [3.05, 3.63) is 65.4 Å². The second kappa shape index (κ2) is 3.81. The Kier molecular flexibility index (Phi) is 2.09. The number of hydrogen-bond acceptors (Lipinski definition) is 4. The molecule has 4 nitrogen and oxygen atoms in total. The van der Waals surface area contributed by atoms with Gasteiger partial charge in [-0.25, -0.2) is 4.79 Å². The summed E-state index contributed by atoms with van der Waals surface area (Å²) in [6.45, 7) is 0. The molecule has 2 aliphatic rings. The highest BCUT2D eigenvalue weighted by atomic mass is 16.5. The number of esters is 1. The van der Waals surface area contributed by atoms with Gasteiger partial charge in [-0.3, -0.25) is 4.79 Å². The molecule has 0 aromatic heterocycles. The normalized spacial score (nSPS) is 19.4. The van der Waals surface area contributed by atoms with E-state index < -0.39 is 5.97 Å². The summed E-state index contributed by atoms with van der Waals surface area (Å²) in [6, 6.07) is 14.3. The molecule has 0 aliphatic carbocycles. The van der Waals surface area contributed by atoms with E-state index >= 15 is 0 Å². The third-order valence-corrected chi connectivity index (χ3v) is 3.47. The number of benzene rings is 2. The van der Waals surface area contributed by atoms with Gasteiger partial charge in [-0.15, -0.1) is 0 Å². The molecule has 0 saturated heterocycles. The van der Waals surface area contributed by atoms with Crippen LogP contribution in [0.5, 0.6) is 5.75 Å². The first-order chi connectivity index (χ1) is 9.75. The molecule has 2 aliphatic heterocycles. The number of Topliss-reactive ketones (excluding diaryl/α,β-unsaturated/α-hetero) is 1. The summed E-state index contributed by atoms with van der Waals surface area (Å²) in [7, 11) is 0. The van der Waals surface area contributed by atoms with Crippen LogP contribution >= 0.6 is 0 Å². The summed E-state index contributed by atoms with van der Waals surface area (Å²) in [6.07, 6.45) is 0. The Hall–Kier alpha value is -2.88. The minimum atomic E-state index is -0.491. The first-order valence-corrected chi connectivity index (χ1v) is 6.22. The number of allylic oxidation sites excluding steroid dienone is 1. The van der Waals surface area contributed by atoms with Crippen LogP contribution in [0.4, 0.5) is 5.69 Å². The van der Waals surface area contributed by atoms with Crippen molar-refractivity contribution in [1.82, 2.24) is 0 Å². The molecule has 96 valence electrons. The Labute approximate surface area is 114 Å². The lowest BCUT2D eigenvalue weighted by molar-refractivity contribution is -0.127. The van der Waals surface area contributed by atoms with Crippen LogP contribution in [0, 0.1) is 0 Å². The Morgan fingerprint density at radius 2 is 1.55 bits per heavy atom. The van der Waals surface area contributed by atoms with Gasteiger partial charge in [0.1, 0.15) is 11.4 Å². The van der Waals surface area contributed by atoms with Crippen LogP contribution in [0.3, 0.4) is 0 Å². The van der Waals surface area contributed by atoms with E-state index in [4.69, 9.17) is 4.74 Å². The predicted molar refractivity (Wildman–Crippen MR) is 73.4 cm³/mol. The van der Waals surface area contributed by atoms with Gasteiger partial charge >= 0.3 is 5.97 Å². The zero-order valence-corrected chi connectivity index (χ0v) is 10.3. The molecular weight excluding hydrogens is 254 g/mol. The number of para-hydroxylation sites is 2. The molecule has 2 heterocycles. The fourth-order valence-electron chi connectivity index (χ4n) is 2.55. The molecule has 0 bridgehead atoms. The molecule has 0 amide bonds. The summed E-state index contributed by atoms with van der Waals surface area (Å²) in [5.74, 6) is -0.176. The van der Waals surface area contributed by atoms with Crippen molar-refractivity contribution in [2.45, 2.75) is 0 Å². The quantitative estimate of drug-likeness (QED) is 0.451. The molecule has 4 rings (SSSR count). The number of carbonyl (C=O) groups excluding carboxylic acids is 2. The Morgan fingerprint density at radius 1 is 0.850 bits per heavy atom. The lowest BCUT2D eigenvalue weighted by atomic mass is 10.0. The smallest absolute Gasteiger partial charge is 0.346 e. The Bertz CT molecular complexity index is 805. The maximum absolute atomic E-state index is 12.4. The number of anilines is 1. The summed E-state index contributed by atoms with van der Waals surface area (Å²) < 4.78 is 5.19. The van der Waals surface area contributed by atoms with E-state index in [1.807, 2.05) is 18.2 Å². The van der Waals surface area contributed by atoms with Crippen molar-refractivity contribution in [2.24, 2.45) is 0 Å². The van der Waals surface area contributed by atoms with Crippen LogP contribution in [-0.2, 0) is 4.79 Å². The SMILES string of the molecule is O=C1Oc2ccccc2C1=C1Nc2ccccc2C1=O. The number of hydrogen-bond donors (Lipinski definition) is 1. The fourth-order valence-corrected chi connectivity index (χ4v) is 2.55. The van der Waals surface area contributed by atoms with Crippen LogP contribution in [0.1, 0.15) is 15.9 Å². The number of fused-ring (bicyclic) bond motifs is 2. The Balaban J connectivity index is 1.94. The fraction of sp³-hybridized carbons (Fsp3) is 0. The van der Waals surface area contributed by atoms with Crippen LogP contribution in [0.25, 0.3) is 5.57 Å². The molecule has 0 atom stereocenters. The van der Waals surface area contributed by atoms with Crippen LogP contribution in [0.15, 0.2) is 54.2 Å². The van der Waals surface area contributed by atoms with Crippen LogP contribution in [-0.4, -0.2) is 11.8 Å². The van der Waals surface area contributed by atoms with Gasteiger partial charge in [-0.05, 0) is 18.2 Å². The minimum Gasteiger partial charge on any atom is -0.422 e. The van der Waals surface area contributed by atoms with Gasteiger partial charge in [0.05, 0.1) is 5.57 Å². The third-order valence-electron chi connectivity index (χ3n) is 3.47. The molecule has 4 heteroatoms. The average molecular weight is 263 g/mol. The number of carbonyl (C=O) groups is 2. The molecule has 2 aromatic carbocycles. The minimum absolute atomic E-state index is 0.177. The highest BCUT2D eigenvalue weighted by Crippen LogP contribution is 2.39. The number of rotatable bonds is 0. The summed E-state index contributed by atoms with van der Waals surface area (Å²) >= 11 is 0. The predicted octanol–water partition coefficient (Wildman–Crippen LogP) is 2.63. The standard InChI is InChI=1S/C16H9NO3/c18-15-9-5-1-3-7-11(9)17-14(15)13-10-6-2-4-8-12(10)20-16(13)19/h1-8,17H. The van der Waals surface area contributed by atoms with E-state index in [-0.39, 0.29) is 5.78 Å². The monoisotopic (exact) mass is 263 g/mol. The number of ether oxygens (including phenoxy) is 1. The molecule has 1 N–H and O–H groups in total. The van der Waals surface area contributed by atoms with Crippen molar-refractivity contribution < 1.29 is 14.3 Å². The van der Waals surface area contributed by atoms with Crippen molar-refractivity contribution in [3.8, 4) is 5.75 Å². The molecule has 0 spiro atoms. The Morgan fingerprint density at radius 3 is 2.35 bits per heavy atom. The maximum atomic E-state index is 12.4. The average Bonchev–Trinajstić information content (AvgIpc) is 2.96. The number of nitrogens with one attached hydrogen (secondary N) is 1. The summed E-state index contributed by atoms with van der Waals surface area (Å²) in [5.41, 5.74) is 2.55.